The van der Waals surface area contributed by atoms with E-state index in [0.717, 1.165) is 22.0 Å². The van der Waals surface area contributed by atoms with Crippen LogP contribution in [0.15, 0.2) is 53.9 Å². The van der Waals surface area contributed by atoms with Gasteiger partial charge in [0.1, 0.15) is 23.1 Å². The van der Waals surface area contributed by atoms with Crippen LogP contribution in [0, 0.1) is 13.8 Å². The van der Waals surface area contributed by atoms with Crippen LogP contribution in [0.4, 0.5) is 5.69 Å². The summed E-state index contributed by atoms with van der Waals surface area (Å²) >= 11 is 1.42. The van der Waals surface area contributed by atoms with Crippen molar-refractivity contribution in [2.75, 3.05) is 5.32 Å². The van der Waals surface area contributed by atoms with E-state index in [1.54, 1.807) is 5.38 Å². The van der Waals surface area contributed by atoms with E-state index in [2.05, 4.69) is 10.3 Å². The van der Waals surface area contributed by atoms with Crippen molar-refractivity contribution in [3.05, 3.63) is 75.7 Å². The molecule has 3 rings (SSSR count). The van der Waals surface area contributed by atoms with Gasteiger partial charge in [-0.3, -0.25) is 4.79 Å². The first-order chi connectivity index (χ1) is 11.6. The molecule has 0 spiro atoms. The third kappa shape index (κ3) is 4.00. The Hall–Kier alpha value is -2.66. The van der Waals surface area contributed by atoms with Crippen LogP contribution < -0.4 is 10.1 Å². The minimum atomic E-state index is -0.206. The summed E-state index contributed by atoms with van der Waals surface area (Å²) in [5.41, 5.74) is 3.41. The van der Waals surface area contributed by atoms with E-state index < -0.39 is 0 Å². The van der Waals surface area contributed by atoms with E-state index in [9.17, 15) is 4.79 Å². The summed E-state index contributed by atoms with van der Waals surface area (Å²) in [4.78, 5) is 16.6. The van der Waals surface area contributed by atoms with Crippen molar-refractivity contribution in [1.82, 2.24) is 4.98 Å². The van der Waals surface area contributed by atoms with Gasteiger partial charge in [0.2, 0.25) is 0 Å². The quantitative estimate of drug-likeness (QED) is 0.740. The first kappa shape index (κ1) is 16.2. The zero-order valence-electron chi connectivity index (χ0n) is 13.6. The Kier molecular flexibility index (Phi) is 4.91. The van der Waals surface area contributed by atoms with E-state index in [1.165, 1.54) is 16.9 Å². The van der Waals surface area contributed by atoms with Crippen molar-refractivity contribution < 1.29 is 9.53 Å². The van der Waals surface area contributed by atoms with E-state index in [4.69, 9.17) is 4.74 Å². The number of amides is 1. The summed E-state index contributed by atoms with van der Waals surface area (Å²) in [6.45, 7) is 4.34. The molecule has 0 aliphatic rings. The smallest absolute Gasteiger partial charge is 0.275 e. The van der Waals surface area contributed by atoms with Crippen molar-refractivity contribution >= 4 is 22.9 Å². The number of nitrogens with one attached hydrogen (secondary N) is 1. The molecule has 0 atom stereocenters. The highest BCUT2D eigenvalue weighted by Gasteiger charge is 2.12. The van der Waals surface area contributed by atoms with Crippen LogP contribution in [0.2, 0.25) is 0 Å². The number of rotatable bonds is 5. The number of thiazole rings is 1. The van der Waals surface area contributed by atoms with Gasteiger partial charge < -0.3 is 10.1 Å². The third-order valence-corrected chi connectivity index (χ3v) is 4.38. The Balaban J connectivity index is 1.61. The highest BCUT2D eigenvalue weighted by molar-refractivity contribution is 7.09. The van der Waals surface area contributed by atoms with Crippen LogP contribution in [0.1, 0.15) is 26.6 Å². The molecule has 0 fully saturated rings. The zero-order valence-corrected chi connectivity index (χ0v) is 14.4. The molecule has 1 heterocycles. The van der Waals surface area contributed by atoms with Crippen molar-refractivity contribution in [3.8, 4) is 5.75 Å². The van der Waals surface area contributed by atoms with Crippen LogP contribution >= 0.6 is 11.3 Å². The summed E-state index contributed by atoms with van der Waals surface area (Å²) in [5, 5.41) is 5.40. The van der Waals surface area contributed by atoms with Crippen LogP contribution in [0.3, 0.4) is 0 Å². The molecule has 0 saturated heterocycles. The van der Waals surface area contributed by atoms with Crippen molar-refractivity contribution in [2.45, 2.75) is 20.5 Å². The van der Waals surface area contributed by atoms with Crippen molar-refractivity contribution in [2.24, 2.45) is 0 Å². The fraction of sp³-hybridized carbons (Fsp3) is 0.158. The Bertz CT molecular complexity index is 841. The highest BCUT2D eigenvalue weighted by Crippen LogP contribution is 2.18. The summed E-state index contributed by atoms with van der Waals surface area (Å²) in [6.07, 6.45) is 0. The molecular weight excluding hydrogens is 320 g/mol. The number of para-hydroxylation sites is 1. The topological polar surface area (TPSA) is 51.2 Å². The Morgan fingerprint density at radius 3 is 2.62 bits per heavy atom. The highest BCUT2D eigenvalue weighted by atomic mass is 32.1. The lowest BCUT2D eigenvalue weighted by molar-refractivity contribution is 0.102. The molecule has 0 bridgehead atoms. The Morgan fingerprint density at radius 1 is 1.12 bits per heavy atom. The summed E-state index contributed by atoms with van der Waals surface area (Å²) in [5.74, 6) is 0.587. The number of aryl methyl sites for hydroxylation is 2. The molecular formula is C19H18N2O2S. The van der Waals surface area contributed by atoms with Gasteiger partial charge in [0.05, 0.1) is 0 Å². The van der Waals surface area contributed by atoms with E-state index in [-0.39, 0.29) is 5.91 Å². The summed E-state index contributed by atoms with van der Waals surface area (Å²) in [7, 11) is 0. The van der Waals surface area contributed by atoms with Crippen molar-refractivity contribution in [3.63, 3.8) is 0 Å². The fourth-order valence-electron chi connectivity index (χ4n) is 2.16. The molecule has 24 heavy (non-hydrogen) atoms. The van der Waals surface area contributed by atoms with Crippen LogP contribution in [-0.2, 0) is 6.61 Å². The minimum Gasteiger partial charge on any atom is -0.486 e. The second kappa shape index (κ2) is 7.27. The van der Waals surface area contributed by atoms with Gasteiger partial charge in [-0.25, -0.2) is 4.98 Å². The molecule has 1 aromatic heterocycles. The lowest BCUT2D eigenvalue weighted by atomic mass is 10.2. The van der Waals surface area contributed by atoms with Gasteiger partial charge in [-0.15, -0.1) is 11.3 Å². The van der Waals surface area contributed by atoms with Crippen LogP contribution in [0.25, 0.3) is 0 Å². The molecule has 0 unspecified atom stereocenters. The van der Waals surface area contributed by atoms with Gasteiger partial charge in [-0.05, 0) is 37.6 Å². The summed E-state index contributed by atoms with van der Waals surface area (Å²) < 4.78 is 5.69. The number of nitrogens with zero attached hydrogens (tertiary/aromatic N) is 1. The molecule has 0 radical (unpaired) electrons. The van der Waals surface area contributed by atoms with E-state index in [0.29, 0.717) is 12.3 Å². The van der Waals surface area contributed by atoms with Gasteiger partial charge in [-0.2, -0.15) is 0 Å². The number of carbonyl (C=O) groups is 1. The maximum atomic E-state index is 12.3. The lowest BCUT2D eigenvalue weighted by Crippen LogP contribution is -2.13. The predicted octanol–water partition coefficient (Wildman–Crippen LogP) is 4.59. The second-order valence-corrected chi connectivity index (χ2v) is 6.44. The molecule has 0 aliphatic heterocycles. The first-order valence-electron chi connectivity index (χ1n) is 7.62. The third-order valence-electron chi connectivity index (χ3n) is 3.56. The number of anilines is 1. The summed E-state index contributed by atoms with van der Waals surface area (Å²) in [6, 6.07) is 15.5. The first-order valence-corrected chi connectivity index (χ1v) is 8.50. The average Bonchev–Trinajstić information content (AvgIpc) is 3.06. The maximum Gasteiger partial charge on any atom is 0.275 e. The molecule has 5 heteroatoms. The fourth-order valence-corrected chi connectivity index (χ4v) is 2.85. The molecule has 0 saturated carbocycles. The number of carbonyl (C=O) groups excluding carboxylic acids is 1. The van der Waals surface area contributed by atoms with E-state index >= 15 is 0 Å². The normalized spacial score (nSPS) is 10.4. The maximum absolute atomic E-state index is 12.3. The van der Waals surface area contributed by atoms with Gasteiger partial charge in [-0.1, -0.05) is 35.9 Å². The minimum absolute atomic E-state index is 0.206. The number of benzene rings is 2. The SMILES string of the molecule is Cc1ccc(OCc2nc(C(=O)Nc3ccccc3C)cs2)cc1. The molecule has 4 nitrogen and oxygen atoms in total. The Morgan fingerprint density at radius 2 is 1.88 bits per heavy atom. The molecule has 1 amide bonds. The van der Waals surface area contributed by atoms with Gasteiger partial charge in [0.15, 0.2) is 0 Å². The van der Waals surface area contributed by atoms with Crippen LogP contribution in [0.5, 0.6) is 5.75 Å². The van der Waals surface area contributed by atoms with Gasteiger partial charge in [0.25, 0.3) is 5.91 Å². The van der Waals surface area contributed by atoms with Crippen LogP contribution in [-0.4, -0.2) is 10.9 Å². The average molecular weight is 338 g/mol. The molecule has 3 aromatic rings. The second-order valence-electron chi connectivity index (χ2n) is 5.50. The number of hydrogen-bond acceptors (Lipinski definition) is 4. The number of aromatic nitrogens is 1. The predicted molar refractivity (Wildman–Crippen MR) is 96.8 cm³/mol. The van der Waals surface area contributed by atoms with Gasteiger partial charge in [0, 0.05) is 11.1 Å². The molecule has 1 N–H and O–H groups in total. The number of ether oxygens (including phenoxy) is 1. The number of hydrogen-bond donors (Lipinski definition) is 1. The molecule has 2 aromatic carbocycles. The van der Waals surface area contributed by atoms with E-state index in [1.807, 2.05) is 62.4 Å². The monoisotopic (exact) mass is 338 g/mol. The Labute approximate surface area is 145 Å². The zero-order chi connectivity index (χ0) is 16.9. The standard InChI is InChI=1S/C19H18N2O2S/c1-13-7-9-15(10-8-13)23-11-18-20-17(12-24-18)19(22)21-16-6-4-3-5-14(16)2/h3-10,12H,11H2,1-2H3,(H,21,22). The molecule has 122 valence electrons. The largest absolute Gasteiger partial charge is 0.486 e. The lowest BCUT2D eigenvalue weighted by Gasteiger charge is -2.06. The van der Waals surface area contributed by atoms with Gasteiger partial charge >= 0.3 is 0 Å². The van der Waals surface area contributed by atoms with Crippen molar-refractivity contribution in [1.29, 1.82) is 0 Å². The molecule has 0 aliphatic carbocycles.